The molecule has 1 amide bonds. The summed E-state index contributed by atoms with van der Waals surface area (Å²) in [5.74, 6) is 1.17. The van der Waals surface area contributed by atoms with E-state index in [4.69, 9.17) is 4.74 Å². The highest BCUT2D eigenvalue weighted by Crippen LogP contribution is 2.29. The molecule has 1 fully saturated rings. The van der Waals surface area contributed by atoms with Gasteiger partial charge in [-0.05, 0) is 39.7 Å². The van der Waals surface area contributed by atoms with Crippen molar-refractivity contribution in [2.45, 2.75) is 45.1 Å². The number of hydrogen-bond donors (Lipinski definition) is 1. The van der Waals surface area contributed by atoms with Crippen LogP contribution in [0.25, 0.3) is 16.7 Å². The van der Waals surface area contributed by atoms with Crippen LogP contribution in [0.4, 0.5) is 4.79 Å². The minimum absolute atomic E-state index is 0.185. The number of piperidine rings is 1. The molecule has 0 spiro atoms. The van der Waals surface area contributed by atoms with Crippen LogP contribution in [0.2, 0.25) is 0 Å². The van der Waals surface area contributed by atoms with Crippen LogP contribution in [0.1, 0.15) is 45.4 Å². The number of aromatic nitrogens is 4. The topological polar surface area (TPSA) is 75.5 Å². The number of H-pyrrole nitrogens is 1. The van der Waals surface area contributed by atoms with Crippen molar-refractivity contribution in [3.05, 3.63) is 30.5 Å². The van der Waals surface area contributed by atoms with Crippen molar-refractivity contribution in [3.63, 3.8) is 0 Å². The Morgan fingerprint density at radius 3 is 2.92 bits per heavy atom. The highest BCUT2D eigenvalue weighted by Gasteiger charge is 2.30. The molecule has 1 aliphatic rings. The number of nitrogens with one attached hydrogen (secondary N) is 1. The van der Waals surface area contributed by atoms with Crippen molar-refractivity contribution in [3.8, 4) is 0 Å². The maximum absolute atomic E-state index is 12.4. The summed E-state index contributed by atoms with van der Waals surface area (Å²) in [5, 5.41) is 0. The molecule has 3 aromatic heterocycles. The number of imidazole rings is 1. The van der Waals surface area contributed by atoms with Crippen molar-refractivity contribution in [1.82, 2.24) is 24.3 Å². The molecule has 132 valence electrons. The summed E-state index contributed by atoms with van der Waals surface area (Å²) in [6.45, 7) is 7.04. The van der Waals surface area contributed by atoms with Crippen LogP contribution < -0.4 is 0 Å². The van der Waals surface area contributed by atoms with E-state index >= 15 is 0 Å². The molecule has 0 aliphatic carbocycles. The van der Waals surface area contributed by atoms with Gasteiger partial charge in [0.1, 0.15) is 11.4 Å². The first-order valence-electron chi connectivity index (χ1n) is 8.70. The summed E-state index contributed by atoms with van der Waals surface area (Å²) in [6, 6.07) is 2.01. The zero-order valence-corrected chi connectivity index (χ0v) is 14.8. The molecule has 0 radical (unpaired) electrons. The third-order valence-electron chi connectivity index (χ3n) is 4.53. The van der Waals surface area contributed by atoms with E-state index in [1.807, 2.05) is 45.4 Å². The number of likely N-dealkylation sites (tertiary alicyclic amines) is 1. The normalized spacial score (nSPS) is 18.8. The van der Waals surface area contributed by atoms with Crippen molar-refractivity contribution in [1.29, 1.82) is 0 Å². The fraction of sp³-hybridized carbons (Fsp3) is 0.500. The molecule has 1 atom stereocenters. The number of nitrogens with zero attached hydrogens (tertiary/aromatic N) is 4. The Hall–Kier alpha value is -2.57. The number of rotatable bonds is 1. The SMILES string of the molecule is CC(C)(C)OC(=O)N1CCC[C@@H](c2ncc3cnc4[nH]ccc4n23)C1. The largest absolute Gasteiger partial charge is 0.444 e. The third kappa shape index (κ3) is 2.94. The van der Waals surface area contributed by atoms with E-state index in [1.54, 1.807) is 4.90 Å². The number of carbonyl (C=O) groups excluding carboxylic acids is 1. The zero-order valence-electron chi connectivity index (χ0n) is 14.8. The van der Waals surface area contributed by atoms with Crippen molar-refractivity contribution in [2.75, 3.05) is 13.1 Å². The Kier molecular flexibility index (Phi) is 3.67. The lowest BCUT2D eigenvalue weighted by Crippen LogP contribution is -2.42. The molecule has 25 heavy (non-hydrogen) atoms. The summed E-state index contributed by atoms with van der Waals surface area (Å²) in [7, 11) is 0. The molecule has 0 aromatic carbocycles. The fourth-order valence-electron chi connectivity index (χ4n) is 3.47. The second kappa shape index (κ2) is 5.75. The second-order valence-corrected chi connectivity index (χ2v) is 7.61. The predicted octanol–water partition coefficient (Wildman–Crippen LogP) is 3.33. The zero-order chi connectivity index (χ0) is 17.6. The van der Waals surface area contributed by atoms with Crippen LogP contribution in [0.3, 0.4) is 0 Å². The molecule has 0 saturated carbocycles. The molecule has 0 bridgehead atoms. The Bertz CT molecular complexity index is 920. The minimum Gasteiger partial charge on any atom is -0.444 e. The van der Waals surface area contributed by atoms with Crippen LogP contribution in [0, 0.1) is 0 Å². The summed E-state index contributed by atoms with van der Waals surface area (Å²) >= 11 is 0. The third-order valence-corrected chi connectivity index (χ3v) is 4.53. The second-order valence-electron chi connectivity index (χ2n) is 7.61. The van der Waals surface area contributed by atoms with Gasteiger partial charge in [0.25, 0.3) is 0 Å². The van der Waals surface area contributed by atoms with Crippen LogP contribution in [-0.4, -0.2) is 49.0 Å². The lowest BCUT2D eigenvalue weighted by atomic mass is 9.97. The van der Waals surface area contributed by atoms with Gasteiger partial charge < -0.3 is 14.6 Å². The van der Waals surface area contributed by atoms with Crippen LogP contribution in [-0.2, 0) is 4.74 Å². The van der Waals surface area contributed by atoms with Crippen LogP contribution >= 0.6 is 0 Å². The van der Waals surface area contributed by atoms with Crippen molar-refractivity contribution in [2.24, 2.45) is 0 Å². The lowest BCUT2D eigenvalue weighted by Gasteiger charge is -2.33. The summed E-state index contributed by atoms with van der Waals surface area (Å²) < 4.78 is 7.67. The molecule has 7 nitrogen and oxygen atoms in total. The fourth-order valence-corrected chi connectivity index (χ4v) is 3.47. The molecule has 4 rings (SSSR count). The number of carbonyl (C=O) groups is 1. The molecule has 0 unspecified atom stereocenters. The minimum atomic E-state index is -0.479. The van der Waals surface area contributed by atoms with Gasteiger partial charge in [0, 0.05) is 25.2 Å². The molecule has 1 N–H and O–H groups in total. The maximum atomic E-state index is 12.4. The first-order chi connectivity index (χ1) is 11.9. The standard InChI is InChI=1S/C18H23N5O2/c1-18(2,3)25-17(24)22-8-4-5-12(11-22)16-21-10-13-9-20-15-14(23(13)16)6-7-19-15/h6-7,9-10,12,19H,4-5,8,11H2,1-3H3/t12-/m1/s1. The Morgan fingerprint density at radius 2 is 2.12 bits per heavy atom. The average molecular weight is 341 g/mol. The lowest BCUT2D eigenvalue weighted by molar-refractivity contribution is 0.0196. The number of fused-ring (bicyclic) bond motifs is 3. The van der Waals surface area contributed by atoms with Crippen molar-refractivity contribution < 1.29 is 9.53 Å². The summed E-state index contributed by atoms with van der Waals surface area (Å²) in [5.41, 5.74) is 2.34. The smallest absolute Gasteiger partial charge is 0.410 e. The van der Waals surface area contributed by atoms with Gasteiger partial charge in [-0.15, -0.1) is 0 Å². The summed E-state index contributed by atoms with van der Waals surface area (Å²) in [6.07, 6.45) is 7.26. The number of ether oxygens (including phenoxy) is 1. The molecule has 4 heterocycles. The van der Waals surface area contributed by atoms with Crippen LogP contribution in [0.5, 0.6) is 0 Å². The van der Waals surface area contributed by atoms with E-state index in [1.165, 1.54) is 0 Å². The monoisotopic (exact) mass is 341 g/mol. The van der Waals surface area contributed by atoms with Gasteiger partial charge in [0.15, 0.2) is 5.65 Å². The predicted molar refractivity (Wildman–Crippen MR) is 94.6 cm³/mol. The average Bonchev–Trinajstić information content (AvgIpc) is 3.19. The Morgan fingerprint density at radius 1 is 1.32 bits per heavy atom. The van der Waals surface area contributed by atoms with E-state index in [0.29, 0.717) is 6.54 Å². The Balaban J connectivity index is 1.65. The molecular weight excluding hydrogens is 318 g/mol. The van der Waals surface area contributed by atoms with Gasteiger partial charge in [0.05, 0.1) is 23.4 Å². The Labute approximate surface area is 146 Å². The van der Waals surface area contributed by atoms with E-state index < -0.39 is 5.60 Å². The number of aromatic amines is 1. The highest BCUT2D eigenvalue weighted by atomic mass is 16.6. The van der Waals surface area contributed by atoms with E-state index in [0.717, 1.165) is 41.9 Å². The van der Waals surface area contributed by atoms with Gasteiger partial charge in [-0.3, -0.25) is 4.40 Å². The molecular formula is C18H23N5O2. The maximum Gasteiger partial charge on any atom is 0.410 e. The van der Waals surface area contributed by atoms with E-state index in [-0.39, 0.29) is 12.0 Å². The van der Waals surface area contributed by atoms with E-state index in [9.17, 15) is 4.79 Å². The van der Waals surface area contributed by atoms with Crippen LogP contribution in [0.15, 0.2) is 24.7 Å². The molecule has 1 saturated heterocycles. The van der Waals surface area contributed by atoms with Crippen molar-refractivity contribution >= 4 is 22.8 Å². The van der Waals surface area contributed by atoms with Gasteiger partial charge in [-0.1, -0.05) is 0 Å². The first-order valence-corrected chi connectivity index (χ1v) is 8.70. The molecule has 3 aromatic rings. The van der Waals surface area contributed by atoms with E-state index in [2.05, 4.69) is 19.4 Å². The first kappa shape index (κ1) is 15.9. The highest BCUT2D eigenvalue weighted by molar-refractivity contribution is 5.75. The van der Waals surface area contributed by atoms with Gasteiger partial charge in [0.2, 0.25) is 0 Å². The summed E-state index contributed by atoms with van der Waals surface area (Å²) in [4.78, 5) is 26.4. The quantitative estimate of drug-likeness (QED) is 0.737. The van der Waals surface area contributed by atoms with Gasteiger partial charge >= 0.3 is 6.09 Å². The molecule has 1 aliphatic heterocycles. The number of amides is 1. The molecule has 7 heteroatoms. The van der Waals surface area contributed by atoms with Gasteiger partial charge in [-0.2, -0.15) is 0 Å². The van der Waals surface area contributed by atoms with Gasteiger partial charge in [-0.25, -0.2) is 14.8 Å². The number of hydrogen-bond acceptors (Lipinski definition) is 4.